The summed E-state index contributed by atoms with van der Waals surface area (Å²) in [6.07, 6.45) is 0. The van der Waals surface area contributed by atoms with Crippen molar-refractivity contribution in [2.24, 2.45) is 0 Å². The van der Waals surface area contributed by atoms with Crippen LogP contribution in [0.15, 0.2) is 42.5 Å². The topological polar surface area (TPSA) is 43.4 Å². The summed E-state index contributed by atoms with van der Waals surface area (Å²) in [5, 5.41) is 0.543. The summed E-state index contributed by atoms with van der Waals surface area (Å²) in [7, 11) is 0. The highest BCUT2D eigenvalue weighted by Crippen LogP contribution is 2.22. The number of esters is 1. The smallest absolute Gasteiger partial charge is 0.343 e. The largest absolute Gasteiger partial charge is 0.422 e. The van der Waals surface area contributed by atoms with E-state index in [1.807, 2.05) is 6.92 Å². The van der Waals surface area contributed by atoms with Gasteiger partial charge in [-0.2, -0.15) is 0 Å². The summed E-state index contributed by atoms with van der Waals surface area (Å²) in [6.45, 7) is 3.31. The summed E-state index contributed by atoms with van der Waals surface area (Å²) in [5.41, 5.74) is 1.71. The third-order valence-corrected chi connectivity index (χ3v) is 3.05. The van der Waals surface area contributed by atoms with Gasteiger partial charge in [0.2, 0.25) is 0 Å². The minimum Gasteiger partial charge on any atom is -0.422 e. The van der Waals surface area contributed by atoms with E-state index in [0.29, 0.717) is 16.1 Å². The molecule has 2 rings (SSSR count). The number of ether oxygens (including phenoxy) is 1. The van der Waals surface area contributed by atoms with Gasteiger partial charge in [0.05, 0.1) is 11.1 Å². The highest BCUT2D eigenvalue weighted by Gasteiger charge is 2.14. The van der Waals surface area contributed by atoms with Gasteiger partial charge in [-0.25, -0.2) is 4.79 Å². The Kier molecular flexibility index (Phi) is 4.20. The number of ketones is 1. The van der Waals surface area contributed by atoms with Crippen molar-refractivity contribution >= 4 is 23.4 Å². The van der Waals surface area contributed by atoms with Gasteiger partial charge in [0.25, 0.3) is 0 Å². The monoisotopic (exact) mass is 288 g/mol. The van der Waals surface area contributed by atoms with Gasteiger partial charge in [-0.15, -0.1) is 0 Å². The van der Waals surface area contributed by atoms with Gasteiger partial charge in [-0.05, 0) is 50.2 Å². The number of carbonyl (C=O) groups is 2. The minimum absolute atomic E-state index is 0.146. The van der Waals surface area contributed by atoms with E-state index in [1.54, 1.807) is 42.5 Å². The van der Waals surface area contributed by atoms with Gasteiger partial charge < -0.3 is 4.74 Å². The van der Waals surface area contributed by atoms with Crippen molar-refractivity contribution in [3.63, 3.8) is 0 Å². The molecule has 2 aromatic carbocycles. The van der Waals surface area contributed by atoms with Gasteiger partial charge in [-0.3, -0.25) is 4.79 Å². The van der Waals surface area contributed by atoms with Gasteiger partial charge in [0.15, 0.2) is 5.78 Å². The first-order valence-corrected chi connectivity index (χ1v) is 6.44. The van der Waals surface area contributed by atoms with Gasteiger partial charge >= 0.3 is 5.97 Å². The molecule has 0 aliphatic rings. The van der Waals surface area contributed by atoms with E-state index >= 15 is 0 Å². The second-order valence-corrected chi connectivity index (χ2v) is 4.89. The lowest BCUT2D eigenvalue weighted by atomic mass is 10.1. The first-order valence-electron chi connectivity index (χ1n) is 6.06. The molecule has 0 spiro atoms. The van der Waals surface area contributed by atoms with Crippen LogP contribution in [0.25, 0.3) is 0 Å². The quantitative estimate of drug-likeness (QED) is 0.486. The summed E-state index contributed by atoms with van der Waals surface area (Å²) < 4.78 is 5.28. The summed E-state index contributed by atoms with van der Waals surface area (Å²) in [6, 6.07) is 11.5. The van der Waals surface area contributed by atoms with Gasteiger partial charge in [0.1, 0.15) is 5.75 Å². The Labute approximate surface area is 122 Å². The number of carbonyl (C=O) groups excluding carboxylic acids is 2. The van der Waals surface area contributed by atoms with Crippen LogP contribution in [0.4, 0.5) is 0 Å². The molecular weight excluding hydrogens is 276 g/mol. The SMILES string of the molecule is CC(=O)c1cc(C)ccc1OC(=O)c1ccc(Cl)cc1. The fourth-order valence-electron chi connectivity index (χ4n) is 1.75. The maximum Gasteiger partial charge on any atom is 0.343 e. The lowest BCUT2D eigenvalue weighted by Gasteiger charge is -2.09. The number of hydrogen-bond acceptors (Lipinski definition) is 3. The average molecular weight is 289 g/mol. The van der Waals surface area contributed by atoms with Crippen LogP contribution in [0.1, 0.15) is 33.2 Å². The molecule has 2 aromatic rings. The van der Waals surface area contributed by atoms with Crippen LogP contribution in [0.3, 0.4) is 0 Å². The maximum atomic E-state index is 12.0. The molecule has 0 aromatic heterocycles. The van der Waals surface area contributed by atoms with Gasteiger partial charge in [-0.1, -0.05) is 23.2 Å². The molecule has 0 radical (unpaired) electrons. The van der Waals surface area contributed by atoms with Crippen LogP contribution in [-0.4, -0.2) is 11.8 Å². The fourth-order valence-corrected chi connectivity index (χ4v) is 1.88. The van der Waals surface area contributed by atoms with Crippen molar-refractivity contribution in [2.75, 3.05) is 0 Å². The number of benzene rings is 2. The van der Waals surface area contributed by atoms with E-state index in [1.165, 1.54) is 6.92 Å². The van der Waals surface area contributed by atoms with Crippen LogP contribution >= 0.6 is 11.6 Å². The van der Waals surface area contributed by atoms with Crippen molar-refractivity contribution < 1.29 is 14.3 Å². The molecule has 0 aliphatic heterocycles. The number of rotatable bonds is 3. The highest BCUT2D eigenvalue weighted by atomic mass is 35.5. The predicted molar refractivity (Wildman–Crippen MR) is 77.6 cm³/mol. The molecule has 0 fully saturated rings. The molecular formula is C16H13ClO3. The molecule has 0 bridgehead atoms. The van der Waals surface area contributed by atoms with Crippen molar-refractivity contribution in [2.45, 2.75) is 13.8 Å². The zero-order chi connectivity index (χ0) is 14.7. The molecule has 0 saturated carbocycles. The predicted octanol–water partition coefficient (Wildman–Crippen LogP) is 4.07. The standard InChI is InChI=1S/C16H13ClO3/c1-10-3-8-15(14(9-10)11(2)18)20-16(19)12-4-6-13(17)7-5-12/h3-9H,1-2H3. The Morgan fingerprint density at radius 1 is 1.05 bits per heavy atom. The molecule has 3 nitrogen and oxygen atoms in total. The van der Waals surface area contributed by atoms with Crippen molar-refractivity contribution in [3.8, 4) is 5.75 Å². The third-order valence-electron chi connectivity index (χ3n) is 2.80. The molecule has 0 atom stereocenters. The van der Waals surface area contributed by atoms with Crippen molar-refractivity contribution in [1.29, 1.82) is 0 Å². The van der Waals surface area contributed by atoms with E-state index in [2.05, 4.69) is 0 Å². The molecule has 0 saturated heterocycles. The van der Waals surface area contributed by atoms with Crippen LogP contribution in [-0.2, 0) is 0 Å². The number of Topliss-reactive ketones (excluding diaryl/α,β-unsaturated/α-hetero) is 1. The van der Waals surface area contributed by atoms with E-state index in [9.17, 15) is 9.59 Å². The molecule has 0 N–H and O–H groups in total. The van der Waals surface area contributed by atoms with E-state index in [0.717, 1.165) is 5.56 Å². The summed E-state index contributed by atoms with van der Waals surface area (Å²) in [4.78, 5) is 23.6. The Balaban J connectivity index is 2.28. The number of aryl methyl sites for hydroxylation is 1. The Morgan fingerprint density at radius 3 is 2.30 bits per heavy atom. The molecule has 0 amide bonds. The van der Waals surface area contributed by atoms with Crippen LogP contribution in [0, 0.1) is 6.92 Å². The summed E-state index contributed by atoms with van der Waals surface area (Å²) in [5.74, 6) is -0.399. The molecule has 0 aliphatic carbocycles. The van der Waals surface area contributed by atoms with Crippen LogP contribution < -0.4 is 4.74 Å². The second-order valence-electron chi connectivity index (χ2n) is 4.45. The first-order chi connectivity index (χ1) is 9.47. The Hall–Kier alpha value is -2.13. The number of halogens is 1. The first kappa shape index (κ1) is 14.3. The molecule has 4 heteroatoms. The van der Waals surface area contributed by atoms with Crippen molar-refractivity contribution in [3.05, 3.63) is 64.2 Å². The van der Waals surface area contributed by atoms with E-state index in [4.69, 9.17) is 16.3 Å². The Morgan fingerprint density at radius 2 is 1.70 bits per heavy atom. The molecule has 102 valence electrons. The highest BCUT2D eigenvalue weighted by molar-refractivity contribution is 6.30. The molecule has 20 heavy (non-hydrogen) atoms. The molecule has 0 unspecified atom stereocenters. The van der Waals surface area contributed by atoms with E-state index in [-0.39, 0.29) is 11.5 Å². The van der Waals surface area contributed by atoms with Crippen LogP contribution in [0.5, 0.6) is 5.75 Å². The zero-order valence-corrected chi connectivity index (χ0v) is 11.9. The zero-order valence-electron chi connectivity index (χ0n) is 11.1. The lowest BCUT2D eigenvalue weighted by molar-refractivity contribution is 0.0733. The summed E-state index contributed by atoms with van der Waals surface area (Å²) >= 11 is 5.76. The normalized spacial score (nSPS) is 10.2. The average Bonchev–Trinajstić information content (AvgIpc) is 2.41. The van der Waals surface area contributed by atoms with Crippen molar-refractivity contribution in [1.82, 2.24) is 0 Å². The van der Waals surface area contributed by atoms with E-state index < -0.39 is 5.97 Å². The fraction of sp³-hybridized carbons (Fsp3) is 0.125. The molecule has 0 heterocycles. The maximum absolute atomic E-state index is 12.0. The third kappa shape index (κ3) is 3.25. The minimum atomic E-state index is -0.520. The lowest BCUT2D eigenvalue weighted by Crippen LogP contribution is -2.11. The Bertz CT molecular complexity index is 660. The van der Waals surface area contributed by atoms with Gasteiger partial charge in [0, 0.05) is 5.02 Å². The van der Waals surface area contributed by atoms with Crippen LogP contribution in [0.2, 0.25) is 5.02 Å². The second kappa shape index (κ2) is 5.88. The number of hydrogen-bond donors (Lipinski definition) is 0.